The topological polar surface area (TPSA) is 133 Å². The number of nitrogens with zero attached hydrogens (tertiary/aromatic N) is 1. The van der Waals surface area contributed by atoms with Crippen molar-refractivity contribution < 1.29 is 34.1 Å². The van der Waals surface area contributed by atoms with Crippen molar-refractivity contribution in [3.8, 4) is 0 Å². The fraction of sp³-hybridized carbons (Fsp3) is 0.444. The Bertz CT molecular complexity index is 837. The molecular formula is C18H20N2O7S2. The van der Waals surface area contributed by atoms with E-state index in [9.17, 15) is 29.4 Å². The number of carbonyl (C=O) groups excluding carboxylic acids is 3. The van der Waals surface area contributed by atoms with Gasteiger partial charge in [-0.3, -0.25) is 14.4 Å². The van der Waals surface area contributed by atoms with Crippen LogP contribution in [-0.4, -0.2) is 69.0 Å². The number of thiophene rings is 1. The van der Waals surface area contributed by atoms with Crippen LogP contribution < -0.4 is 5.32 Å². The van der Waals surface area contributed by atoms with Crippen LogP contribution in [0.1, 0.15) is 18.2 Å². The summed E-state index contributed by atoms with van der Waals surface area (Å²) >= 11 is 2.63. The SMILES string of the molecule is CC(O)CC(=O)OCC1=CS[C@@H]2C(NC(=O)Cc3cccs3)C(=O)N2C1C(=O)O. The second-order valence-corrected chi connectivity index (χ2v) is 8.74. The molecule has 3 N–H and O–H groups in total. The van der Waals surface area contributed by atoms with E-state index in [2.05, 4.69) is 5.32 Å². The fourth-order valence-electron chi connectivity index (χ4n) is 3.09. The highest BCUT2D eigenvalue weighted by molar-refractivity contribution is 8.02. The smallest absolute Gasteiger partial charge is 0.330 e. The minimum absolute atomic E-state index is 0.154. The van der Waals surface area contributed by atoms with E-state index >= 15 is 0 Å². The van der Waals surface area contributed by atoms with E-state index in [1.807, 2.05) is 17.5 Å². The quantitative estimate of drug-likeness (QED) is 0.389. The van der Waals surface area contributed by atoms with Gasteiger partial charge in [-0.05, 0) is 23.8 Å². The second-order valence-electron chi connectivity index (χ2n) is 6.72. The van der Waals surface area contributed by atoms with Crippen LogP contribution in [0.2, 0.25) is 0 Å². The number of thioether (sulfide) groups is 1. The molecule has 29 heavy (non-hydrogen) atoms. The Morgan fingerprint density at radius 1 is 1.38 bits per heavy atom. The number of hydrogen-bond acceptors (Lipinski definition) is 8. The maximum Gasteiger partial charge on any atom is 0.330 e. The normalized spacial score (nSPS) is 24.1. The van der Waals surface area contributed by atoms with Gasteiger partial charge in [-0.25, -0.2) is 4.79 Å². The third-order valence-corrected chi connectivity index (χ3v) is 6.49. The molecule has 156 valence electrons. The zero-order valence-corrected chi connectivity index (χ0v) is 17.1. The van der Waals surface area contributed by atoms with Crippen LogP contribution in [0.5, 0.6) is 0 Å². The average molecular weight is 440 g/mol. The van der Waals surface area contributed by atoms with Crippen molar-refractivity contribution in [3.63, 3.8) is 0 Å². The van der Waals surface area contributed by atoms with Crippen LogP contribution in [0.3, 0.4) is 0 Å². The number of aliphatic hydroxyl groups excluding tert-OH is 1. The first kappa shape index (κ1) is 21.3. The number of carboxylic acid groups (broad SMARTS) is 1. The van der Waals surface area contributed by atoms with Crippen molar-refractivity contribution >= 4 is 46.9 Å². The number of fused-ring (bicyclic) bond motifs is 1. The Morgan fingerprint density at radius 3 is 2.76 bits per heavy atom. The molecule has 2 aliphatic rings. The van der Waals surface area contributed by atoms with Crippen LogP contribution in [0, 0.1) is 0 Å². The number of ether oxygens (including phenoxy) is 1. The number of amides is 2. The first-order valence-electron chi connectivity index (χ1n) is 8.82. The maximum atomic E-state index is 12.5. The summed E-state index contributed by atoms with van der Waals surface area (Å²) in [6, 6.07) is 1.59. The van der Waals surface area contributed by atoms with Crippen molar-refractivity contribution in [2.24, 2.45) is 0 Å². The van der Waals surface area contributed by atoms with Gasteiger partial charge in [0.25, 0.3) is 0 Å². The molecule has 4 atom stereocenters. The van der Waals surface area contributed by atoms with Crippen molar-refractivity contribution in [1.82, 2.24) is 10.2 Å². The molecule has 1 aromatic rings. The largest absolute Gasteiger partial charge is 0.479 e. The summed E-state index contributed by atoms with van der Waals surface area (Å²) in [6.07, 6.45) is -0.920. The number of carbonyl (C=O) groups is 4. The molecule has 3 rings (SSSR count). The molecule has 0 aliphatic carbocycles. The Morgan fingerprint density at radius 2 is 2.14 bits per heavy atom. The fourth-order valence-corrected chi connectivity index (χ4v) is 5.00. The van der Waals surface area contributed by atoms with Gasteiger partial charge < -0.3 is 25.2 Å². The summed E-state index contributed by atoms with van der Waals surface area (Å²) in [7, 11) is 0. The van der Waals surface area contributed by atoms with Gasteiger partial charge in [0.2, 0.25) is 11.8 Å². The first-order chi connectivity index (χ1) is 13.8. The third kappa shape index (κ3) is 4.80. The minimum atomic E-state index is -1.27. The lowest BCUT2D eigenvalue weighted by atomic mass is 9.98. The van der Waals surface area contributed by atoms with Gasteiger partial charge in [-0.2, -0.15) is 0 Å². The number of hydrogen-bond donors (Lipinski definition) is 3. The maximum absolute atomic E-state index is 12.5. The van der Waals surface area contributed by atoms with Crippen molar-refractivity contribution in [2.45, 2.75) is 43.3 Å². The van der Waals surface area contributed by atoms with Crippen LogP contribution in [-0.2, 0) is 30.3 Å². The van der Waals surface area contributed by atoms with Crippen molar-refractivity contribution in [3.05, 3.63) is 33.4 Å². The van der Waals surface area contributed by atoms with E-state index in [0.717, 1.165) is 4.88 Å². The van der Waals surface area contributed by atoms with Crippen molar-refractivity contribution in [1.29, 1.82) is 0 Å². The van der Waals surface area contributed by atoms with Gasteiger partial charge >= 0.3 is 11.9 Å². The lowest BCUT2D eigenvalue weighted by Gasteiger charge is -2.51. The highest BCUT2D eigenvalue weighted by atomic mass is 32.2. The van der Waals surface area contributed by atoms with Crippen molar-refractivity contribution in [2.75, 3.05) is 6.61 Å². The zero-order valence-electron chi connectivity index (χ0n) is 15.4. The second kappa shape index (κ2) is 8.97. The molecule has 1 saturated heterocycles. The molecule has 1 aromatic heterocycles. The van der Waals surface area contributed by atoms with Gasteiger partial charge in [0, 0.05) is 10.5 Å². The van der Waals surface area contributed by atoms with Crippen LogP contribution >= 0.6 is 23.1 Å². The van der Waals surface area contributed by atoms with Gasteiger partial charge in [-0.1, -0.05) is 6.07 Å². The first-order valence-corrected chi connectivity index (χ1v) is 10.6. The highest BCUT2D eigenvalue weighted by Crippen LogP contribution is 2.40. The lowest BCUT2D eigenvalue weighted by Crippen LogP contribution is -2.74. The number of aliphatic carboxylic acids is 1. The third-order valence-electron chi connectivity index (χ3n) is 4.40. The molecule has 3 unspecified atom stereocenters. The Balaban J connectivity index is 1.63. The summed E-state index contributed by atoms with van der Waals surface area (Å²) < 4.78 is 5.02. The molecule has 0 aromatic carbocycles. The highest BCUT2D eigenvalue weighted by Gasteiger charge is 2.55. The molecular weight excluding hydrogens is 420 g/mol. The van der Waals surface area contributed by atoms with Crippen LogP contribution in [0.4, 0.5) is 0 Å². The minimum Gasteiger partial charge on any atom is -0.479 e. The molecule has 0 saturated carbocycles. The zero-order chi connectivity index (χ0) is 21.1. The molecule has 1 fully saturated rings. The summed E-state index contributed by atoms with van der Waals surface area (Å²) in [5.74, 6) is -2.70. The van der Waals surface area contributed by atoms with E-state index in [4.69, 9.17) is 4.74 Å². The number of nitrogens with one attached hydrogen (secondary N) is 1. The predicted octanol–water partition coefficient (Wildman–Crippen LogP) is 0.342. The van der Waals surface area contributed by atoms with Crippen LogP contribution in [0.25, 0.3) is 0 Å². The molecule has 2 aliphatic heterocycles. The molecule has 0 radical (unpaired) electrons. The number of esters is 1. The van der Waals surface area contributed by atoms with E-state index < -0.39 is 41.4 Å². The summed E-state index contributed by atoms with van der Waals surface area (Å²) in [6.45, 7) is 1.15. The number of rotatable bonds is 8. The van der Waals surface area contributed by atoms with Gasteiger partial charge in [-0.15, -0.1) is 23.1 Å². The molecule has 3 heterocycles. The molecule has 0 bridgehead atoms. The van der Waals surface area contributed by atoms with Gasteiger partial charge in [0.05, 0.1) is 18.9 Å². The van der Waals surface area contributed by atoms with E-state index in [1.54, 1.807) is 5.41 Å². The number of aliphatic hydroxyl groups is 1. The number of β-lactam (4-membered cyclic amide) rings is 1. The summed E-state index contributed by atoms with van der Waals surface area (Å²) in [5.41, 5.74) is 0.259. The summed E-state index contributed by atoms with van der Waals surface area (Å²) in [5, 5.41) is 24.3. The van der Waals surface area contributed by atoms with E-state index in [0.29, 0.717) is 0 Å². The van der Waals surface area contributed by atoms with Crippen LogP contribution in [0.15, 0.2) is 28.5 Å². The van der Waals surface area contributed by atoms with E-state index in [1.165, 1.54) is 34.9 Å². The molecule has 0 spiro atoms. The lowest BCUT2D eigenvalue weighted by molar-refractivity contribution is -0.160. The Labute approximate surface area is 174 Å². The Hall–Kier alpha value is -2.37. The van der Waals surface area contributed by atoms with Gasteiger partial charge in [0.1, 0.15) is 18.0 Å². The summed E-state index contributed by atoms with van der Waals surface area (Å²) in [4.78, 5) is 50.1. The molecule has 9 nitrogen and oxygen atoms in total. The standard InChI is InChI=1S/C18H20N2O7S2/c1-9(21)5-13(23)27-7-10-8-29-17-14(16(24)20(17)15(10)18(25)26)19-12(22)6-11-3-2-4-28-11/h2-4,8-9,14-15,17,21H,5-7H2,1H3,(H,19,22)(H,25,26)/t9?,14?,15?,17-/m1/s1. The molecule has 11 heteroatoms. The molecule has 2 amide bonds. The number of carboxylic acids is 1. The van der Waals surface area contributed by atoms with E-state index in [-0.39, 0.29) is 30.9 Å². The monoisotopic (exact) mass is 440 g/mol. The van der Waals surface area contributed by atoms with Gasteiger partial charge in [0.15, 0.2) is 6.04 Å². The average Bonchev–Trinajstić information content (AvgIpc) is 3.15. The Kier molecular flexibility index (Phi) is 6.60. The predicted molar refractivity (Wildman–Crippen MR) is 105 cm³/mol.